The van der Waals surface area contributed by atoms with Crippen molar-refractivity contribution in [1.82, 2.24) is 19.1 Å². The van der Waals surface area contributed by atoms with E-state index in [1.54, 1.807) is 13.0 Å². The molecule has 1 aromatic heterocycles. The summed E-state index contributed by atoms with van der Waals surface area (Å²) in [5, 5.41) is 11.3. The van der Waals surface area contributed by atoms with Gasteiger partial charge in [0.25, 0.3) is 0 Å². The highest BCUT2D eigenvalue weighted by atomic mass is 35.5. The van der Waals surface area contributed by atoms with Crippen molar-refractivity contribution in [3.63, 3.8) is 0 Å². The summed E-state index contributed by atoms with van der Waals surface area (Å²) in [5.74, 6) is 0.456. The van der Waals surface area contributed by atoms with Crippen LogP contribution in [-0.2, 0) is 21.4 Å². The topological polar surface area (TPSA) is 97.2 Å². The fourth-order valence-corrected chi connectivity index (χ4v) is 5.12. The molecule has 1 N–H and O–H groups in total. The van der Waals surface area contributed by atoms with E-state index in [1.165, 1.54) is 38.0 Å². The van der Waals surface area contributed by atoms with Gasteiger partial charge < -0.3 is 9.88 Å². The number of carbonyl (C=O) groups excluding carboxylic acids is 1. The Morgan fingerprint density at radius 1 is 1.19 bits per heavy atom. The van der Waals surface area contributed by atoms with Crippen LogP contribution < -0.4 is 5.32 Å². The SMILES string of the molecule is Cc1nnc(SC(C)C(=O)Nc2ccc(Cl)c(S(=O)(=O)N(C)C)c2)n1Cc1ccccc1. The Kier molecular flexibility index (Phi) is 7.60. The van der Waals surface area contributed by atoms with E-state index in [0.29, 0.717) is 17.4 Å². The highest BCUT2D eigenvalue weighted by Gasteiger charge is 2.23. The second-order valence-corrected chi connectivity index (χ2v) is 11.1. The van der Waals surface area contributed by atoms with Gasteiger partial charge in [0.15, 0.2) is 5.16 Å². The van der Waals surface area contributed by atoms with Crippen LogP contribution in [0.1, 0.15) is 18.3 Å². The molecular formula is C21H24ClN5O3S2. The van der Waals surface area contributed by atoms with Crippen molar-refractivity contribution in [3.05, 3.63) is 64.9 Å². The van der Waals surface area contributed by atoms with Gasteiger partial charge in [-0.15, -0.1) is 10.2 Å². The molecule has 3 aromatic rings. The Balaban J connectivity index is 1.74. The zero-order chi connectivity index (χ0) is 23.5. The summed E-state index contributed by atoms with van der Waals surface area (Å²) < 4.78 is 27.9. The van der Waals surface area contributed by atoms with Crippen LogP contribution in [0.2, 0.25) is 5.02 Å². The van der Waals surface area contributed by atoms with Crippen LogP contribution in [0.3, 0.4) is 0 Å². The third-order valence-electron chi connectivity index (χ3n) is 4.69. The van der Waals surface area contributed by atoms with E-state index in [1.807, 2.05) is 41.8 Å². The summed E-state index contributed by atoms with van der Waals surface area (Å²) in [4.78, 5) is 12.7. The summed E-state index contributed by atoms with van der Waals surface area (Å²) in [6.45, 7) is 4.22. The second-order valence-electron chi connectivity index (χ2n) is 7.28. The maximum Gasteiger partial charge on any atom is 0.244 e. The van der Waals surface area contributed by atoms with E-state index in [0.717, 1.165) is 15.7 Å². The van der Waals surface area contributed by atoms with Crippen molar-refractivity contribution in [1.29, 1.82) is 0 Å². The normalized spacial score (nSPS) is 12.7. The van der Waals surface area contributed by atoms with Crippen molar-refractivity contribution in [2.24, 2.45) is 0 Å². The van der Waals surface area contributed by atoms with Crippen LogP contribution in [0.15, 0.2) is 58.6 Å². The molecule has 3 rings (SSSR count). The number of thioether (sulfide) groups is 1. The van der Waals surface area contributed by atoms with Gasteiger partial charge in [0.1, 0.15) is 10.7 Å². The zero-order valence-electron chi connectivity index (χ0n) is 18.1. The maximum atomic E-state index is 12.8. The molecule has 11 heteroatoms. The van der Waals surface area contributed by atoms with Crippen molar-refractivity contribution in [3.8, 4) is 0 Å². The Bertz CT molecular complexity index is 1210. The summed E-state index contributed by atoms with van der Waals surface area (Å²) in [7, 11) is -0.904. The van der Waals surface area contributed by atoms with E-state index in [9.17, 15) is 13.2 Å². The first-order valence-electron chi connectivity index (χ1n) is 9.73. The van der Waals surface area contributed by atoms with Gasteiger partial charge in [-0.05, 0) is 37.6 Å². The number of amides is 1. The molecule has 0 aliphatic rings. The third-order valence-corrected chi connectivity index (χ3v) is 8.07. The van der Waals surface area contributed by atoms with E-state index in [4.69, 9.17) is 11.6 Å². The van der Waals surface area contributed by atoms with Gasteiger partial charge in [0.05, 0.1) is 16.8 Å². The molecule has 170 valence electrons. The minimum absolute atomic E-state index is 0.0690. The molecule has 0 aliphatic heterocycles. The fourth-order valence-electron chi connectivity index (χ4n) is 2.83. The molecule has 1 atom stereocenters. The monoisotopic (exact) mass is 493 g/mol. The lowest BCUT2D eigenvalue weighted by Crippen LogP contribution is -2.24. The first-order chi connectivity index (χ1) is 15.1. The van der Waals surface area contributed by atoms with Gasteiger partial charge in [-0.25, -0.2) is 12.7 Å². The molecule has 0 fully saturated rings. The lowest BCUT2D eigenvalue weighted by molar-refractivity contribution is -0.115. The van der Waals surface area contributed by atoms with Crippen LogP contribution in [0.25, 0.3) is 0 Å². The molecule has 2 aromatic carbocycles. The lowest BCUT2D eigenvalue weighted by Gasteiger charge is -2.16. The standard InChI is InChI=1S/C21H24ClN5O3S2/c1-14(31-21-25-24-15(2)27(21)13-16-8-6-5-7-9-16)20(28)23-17-10-11-18(22)19(12-17)32(29,30)26(3)4/h5-12,14H,13H2,1-4H3,(H,23,28). The average Bonchev–Trinajstić information content (AvgIpc) is 3.09. The number of rotatable bonds is 8. The molecule has 0 saturated heterocycles. The van der Waals surface area contributed by atoms with Gasteiger partial charge in [-0.3, -0.25) is 4.79 Å². The van der Waals surface area contributed by atoms with Gasteiger partial charge >= 0.3 is 0 Å². The van der Waals surface area contributed by atoms with E-state index in [-0.39, 0.29) is 15.8 Å². The van der Waals surface area contributed by atoms with Gasteiger partial charge in [0, 0.05) is 19.8 Å². The number of nitrogens with zero attached hydrogens (tertiary/aromatic N) is 4. The number of nitrogens with one attached hydrogen (secondary N) is 1. The predicted molar refractivity (Wildman–Crippen MR) is 127 cm³/mol. The Labute approximate surface area is 197 Å². The fraction of sp³-hybridized carbons (Fsp3) is 0.286. The van der Waals surface area contributed by atoms with Crippen molar-refractivity contribution in [2.75, 3.05) is 19.4 Å². The number of hydrogen-bond acceptors (Lipinski definition) is 6. The number of halogens is 1. The molecular weight excluding hydrogens is 470 g/mol. The molecule has 32 heavy (non-hydrogen) atoms. The van der Waals surface area contributed by atoms with Crippen LogP contribution in [-0.4, -0.2) is 52.7 Å². The van der Waals surface area contributed by atoms with Gasteiger partial charge in [-0.1, -0.05) is 53.7 Å². The molecule has 0 radical (unpaired) electrons. The first kappa shape index (κ1) is 24.2. The summed E-state index contributed by atoms with van der Waals surface area (Å²) in [6, 6.07) is 14.3. The highest BCUT2D eigenvalue weighted by molar-refractivity contribution is 8.00. The van der Waals surface area contributed by atoms with Crippen molar-refractivity contribution >= 4 is 45.0 Å². The average molecular weight is 494 g/mol. The number of aryl methyl sites for hydroxylation is 1. The minimum Gasteiger partial charge on any atom is -0.325 e. The third kappa shape index (κ3) is 5.50. The number of carbonyl (C=O) groups is 1. The van der Waals surface area contributed by atoms with E-state index < -0.39 is 15.3 Å². The molecule has 0 aliphatic carbocycles. The first-order valence-corrected chi connectivity index (χ1v) is 12.4. The van der Waals surface area contributed by atoms with E-state index in [2.05, 4.69) is 15.5 Å². The van der Waals surface area contributed by atoms with Crippen LogP contribution in [0.4, 0.5) is 5.69 Å². The molecule has 1 heterocycles. The number of sulfonamides is 1. The lowest BCUT2D eigenvalue weighted by atomic mass is 10.2. The molecule has 8 nitrogen and oxygen atoms in total. The maximum absolute atomic E-state index is 12.8. The quantitative estimate of drug-likeness (QED) is 0.481. The Hall–Kier alpha value is -2.40. The second kappa shape index (κ2) is 10.0. The van der Waals surface area contributed by atoms with Crippen LogP contribution in [0.5, 0.6) is 0 Å². The summed E-state index contributed by atoms with van der Waals surface area (Å²) in [5.41, 5.74) is 1.44. The Morgan fingerprint density at radius 3 is 2.53 bits per heavy atom. The molecule has 1 amide bonds. The number of benzene rings is 2. The molecule has 0 saturated carbocycles. The summed E-state index contributed by atoms with van der Waals surface area (Å²) >= 11 is 7.36. The molecule has 0 spiro atoms. The minimum atomic E-state index is -3.74. The van der Waals surface area contributed by atoms with Crippen LogP contribution >= 0.6 is 23.4 Å². The predicted octanol–water partition coefficient (Wildman–Crippen LogP) is 3.66. The highest BCUT2D eigenvalue weighted by Crippen LogP contribution is 2.28. The van der Waals surface area contributed by atoms with Gasteiger partial charge in [0.2, 0.25) is 15.9 Å². The Morgan fingerprint density at radius 2 is 1.88 bits per heavy atom. The summed E-state index contributed by atoms with van der Waals surface area (Å²) in [6.07, 6.45) is 0. The zero-order valence-corrected chi connectivity index (χ0v) is 20.5. The van der Waals surface area contributed by atoms with E-state index >= 15 is 0 Å². The number of hydrogen-bond donors (Lipinski definition) is 1. The molecule has 0 bridgehead atoms. The van der Waals surface area contributed by atoms with Crippen molar-refractivity contribution < 1.29 is 13.2 Å². The van der Waals surface area contributed by atoms with Crippen LogP contribution in [0, 0.1) is 6.92 Å². The number of anilines is 1. The number of aromatic nitrogens is 3. The smallest absolute Gasteiger partial charge is 0.244 e. The van der Waals surface area contributed by atoms with Gasteiger partial charge in [-0.2, -0.15) is 0 Å². The van der Waals surface area contributed by atoms with Crippen molar-refractivity contribution in [2.45, 2.75) is 35.7 Å². The largest absolute Gasteiger partial charge is 0.325 e. The molecule has 1 unspecified atom stereocenters.